The van der Waals surface area contributed by atoms with Crippen LogP contribution in [0.2, 0.25) is 0 Å². The van der Waals surface area contributed by atoms with Crippen molar-refractivity contribution in [3.63, 3.8) is 0 Å². The van der Waals surface area contributed by atoms with E-state index in [0.717, 1.165) is 11.3 Å². The molecule has 2 N–H and O–H groups in total. The van der Waals surface area contributed by atoms with Crippen molar-refractivity contribution in [2.45, 2.75) is 27.0 Å². The fourth-order valence-electron chi connectivity index (χ4n) is 2.02. The molecule has 0 aliphatic carbocycles. The predicted molar refractivity (Wildman–Crippen MR) is 83.5 cm³/mol. The van der Waals surface area contributed by atoms with Crippen LogP contribution >= 0.6 is 0 Å². The van der Waals surface area contributed by atoms with Crippen LogP contribution in [0.5, 0.6) is 11.6 Å². The van der Waals surface area contributed by atoms with E-state index in [1.165, 1.54) is 0 Å². The highest BCUT2D eigenvalue weighted by molar-refractivity contribution is 5.55. The minimum atomic E-state index is 0.275. The zero-order valence-electron chi connectivity index (χ0n) is 13.0. The Morgan fingerprint density at radius 2 is 2.00 bits per heavy atom. The smallest absolute Gasteiger partial charge is 0.253 e. The molecule has 1 heterocycles. The number of nitrogen functional groups attached to an aromatic ring is 1. The maximum Gasteiger partial charge on any atom is 0.253 e. The van der Waals surface area contributed by atoms with Gasteiger partial charge in [-0.1, -0.05) is 26.0 Å². The van der Waals surface area contributed by atoms with Crippen LogP contribution in [0.3, 0.4) is 0 Å². The zero-order chi connectivity index (χ0) is 16.1. The van der Waals surface area contributed by atoms with Gasteiger partial charge in [0, 0.05) is 6.54 Å². The normalized spacial score (nSPS) is 10.5. The molecule has 0 fully saturated rings. The molecule has 0 spiro atoms. The number of nitrogens with two attached hydrogens (primary N) is 1. The van der Waals surface area contributed by atoms with Crippen LogP contribution in [0, 0.1) is 17.2 Å². The summed E-state index contributed by atoms with van der Waals surface area (Å²) >= 11 is 0. The number of anilines is 1. The van der Waals surface area contributed by atoms with Crippen LogP contribution < -0.4 is 15.2 Å². The summed E-state index contributed by atoms with van der Waals surface area (Å²) in [4.78, 5) is 0. The van der Waals surface area contributed by atoms with Gasteiger partial charge in [0.05, 0.1) is 7.11 Å². The summed E-state index contributed by atoms with van der Waals surface area (Å²) in [5.74, 6) is 1.78. The van der Waals surface area contributed by atoms with Gasteiger partial charge < -0.3 is 15.2 Å². The molecule has 6 nitrogen and oxygen atoms in total. The Balaban J connectivity index is 2.13. The first kappa shape index (κ1) is 15.7. The topological polar surface area (TPSA) is 86.1 Å². The van der Waals surface area contributed by atoms with Crippen molar-refractivity contribution in [1.82, 2.24) is 9.78 Å². The fourth-order valence-corrected chi connectivity index (χ4v) is 2.02. The number of nitrogens with zero attached hydrogens (tertiary/aromatic N) is 3. The number of hydrogen-bond donors (Lipinski definition) is 1. The van der Waals surface area contributed by atoms with E-state index >= 15 is 0 Å². The molecule has 0 amide bonds. The molecule has 0 atom stereocenters. The van der Waals surface area contributed by atoms with Crippen molar-refractivity contribution >= 4 is 5.82 Å². The van der Waals surface area contributed by atoms with Gasteiger partial charge >= 0.3 is 0 Å². The Labute approximate surface area is 130 Å². The zero-order valence-corrected chi connectivity index (χ0v) is 13.0. The molecular formula is C16H20N4O2. The molecule has 2 aromatic rings. The Kier molecular flexibility index (Phi) is 4.89. The first-order chi connectivity index (χ1) is 10.5. The van der Waals surface area contributed by atoms with Gasteiger partial charge in [0.2, 0.25) is 0 Å². The minimum absolute atomic E-state index is 0.275. The van der Waals surface area contributed by atoms with E-state index in [0.29, 0.717) is 24.9 Å². The molecule has 2 rings (SSSR count). The van der Waals surface area contributed by atoms with Gasteiger partial charge in [-0.3, -0.25) is 0 Å². The van der Waals surface area contributed by atoms with Crippen molar-refractivity contribution in [3.8, 4) is 17.7 Å². The van der Waals surface area contributed by atoms with Crippen molar-refractivity contribution in [1.29, 1.82) is 5.26 Å². The van der Waals surface area contributed by atoms with Gasteiger partial charge in [-0.15, -0.1) is 5.10 Å². The summed E-state index contributed by atoms with van der Waals surface area (Å²) in [7, 11) is 1.62. The highest BCUT2D eigenvalue weighted by atomic mass is 16.5. The van der Waals surface area contributed by atoms with Crippen molar-refractivity contribution in [2.75, 3.05) is 12.8 Å². The Morgan fingerprint density at radius 3 is 2.55 bits per heavy atom. The number of rotatable bonds is 6. The Bertz CT molecular complexity index is 669. The van der Waals surface area contributed by atoms with Crippen LogP contribution in [-0.4, -0.2) is 16.9 Å². The molecule has 0 unspecified atom stereocenters. The summed E-state index contributed by atoms with van der Waals surface area (Å²) in [5.41, 5.74) is 7.20. The average Bonchev–Trinajstić information content (AvgIpc) is 2.80. The van der Waals surface area contributed by atoms with E-state index in [9.17, 15) is 5.26 Å². The monoisotopic (exact) mass is 300 g/mol. The number of aromatic nitrogens is 2. The van der Waals surface area contributed by atoms with Gasteiger partial charge in [0.15, 0.2) is 5.56 Å². The van der Waals surface area contributed by atoms with Gasteiger partial charge in [-0.25, -0.2) is 4.68 Å². The fraction of sp³-hybridized carbons (Fsp3) is 0.375. The molecular weight excluding hydrogens is 280 g/mol. The maximum absolute atomic E-state index is 9.23. The van der Waals surface area contributed by atoms with Crippen molar-refractivity contribution in [3.05, 3.63) is 35.4 Å². The van der Waals surface area contributed by atoms with E-state index < -0.39 is 0 Å². The Hall–Kier alpha value is -2.68. The lowest BCUT2D eigenvalue weighted by molar-refractivity contribution is 0.287. The van der Waals surface area contributed by atoms with E-state index in [2.05, 4.69) is 25.0 Å². The quantitative estimate of drug-likeness (QED) is 0.886. The molecule has 0 radical (unpaired) electrons. The molecule has 116 valence electrons. The van der Waals surface area contributed by atoms with Crippen molar-refractivity contribution in [2.24, 2.45) is 5.92 Å². The maximum atomic E-state index is 9.23. The third-order valence-corrected chi connectivity index (χ3v) is 3.14. The van der Waals surface area contributed by atoms with E-state index in [-0.39, 0.29) is 11.4 Å². The van der Waals surface area contributed by atoms with Gasteiger partial charge in [0.1, 0.15) is 24.2 Å². The second kappa shape index (κ2) is 6.85. The molecule has 0 aliphatic heterocycles. The molecule has 1 aromatic heterocycles. The van der Waals surface area contributed by atoms with Crippen LogP contribution in [0.1, 0.15) is 25.0 Å². The van der Waals surface area contributed by atoms with E-state index in [1.54, 1.807) is 11.8 Å². The third kappa shape index (κ3) is 3.50. The third-order valence-electron chi connectivity index (χ3n) is 3.14. The Morgan fingerprint density at radius 1 is 1.32 bits per heavy atom. The molecule has 22 heavy (non-hydrogen) atoms. The van der Waals surface area contributed by atoms with Gasteiger partial charge in [0.25, 0.3) is 5.88 Å². The number of benzene rings is 1. The highest BCUT2D eigenvalue weighted by Crippen LogP contribution is 2.24. The largest absolute Gasteiger partial charge is 0.497 e. The first-order valence-corrected chi connectivity index (χ1v) is 7.07. The number of hydrogen-bond acceptors (Lipinski definition) is 5. The second-order valence-electron chi connectivity index (χ2n) is 5.39. The van der Waals surface area contributed by atoms with Gasteiger partial charge in [-0.2, -0.15) is 5.26 Å². The summed E-state index contributed by atoms with van der Waals surface area (Å²) in [6.45, 7) is 5.08. The lowest BCUT2D eigenvalue weighted by Gasteiger charge is -2.06. The summed E-state index contributed by atoms with van der Waals surface area (Å²) in [6.07, 6.45) is 0. The summed E-state index contributed by atoms with van der Waals surface area (Å²) in [6, 6.07) is 9.58. The van der Waals surface area contributed by atoms with E-state index in [4.69, 9.17) is 15.2 Å². The first-order valence-electron chi connectivity index (χ1n) is 7.07. The lowest BCUT2D eigenvalue weighted by Crippen LogP contribution is -2.09. The van der Waals surface area contributed by atoms with Gasteiger partial charge in [-0.05, 0) is 23.6 Å². The number of nitriles is 1. The van der Waals surface area contributed by atoms with Crippen molar-refractivity contribution < 1.29 is 9.47 Å². The predicted octanol–water partition coefficient (Wildman–Crippen LogP) is 2.58. The molecule has 0 bridgehead atoms. The van der Waals surface area contributed by atoms with E-state index in [1.807, 2.05) is 24.3 Å². The SMILES string of the molecule is COc1ccc(COc2nn(CC(C)C)c(N)c2C#N)cc1. The minimum Gasteiger partial charge on any atom is -0.497 e. The van der Waals surface area contributed by atoms with Crippen LogP contribution in [-0.2, 0) is 13.2 Å². The van der Waals surface area contributed by atoms with Crippen LogP contribution in [0.25, 0.3) is 0 Å². The molecule has 1 aromatic carbocycles. The summed E-state index contributed by atoms with van der Waals surface area (Å²) < 4.78 is 12.4. The molecule has 0 aliphatic rings. The second-order valence-corrected chi connectivity index (χ2v) is 5.39. The highest BCUT2D eigenvalue weighted by Gasteiger charge is 2.17. The average molecular weight is 300 g/mol. The molecule has 0 saturated carbocycles. The standard InChI is InChI=1S/C16H20N4O2/c1-11(2)9-20-15(18)14(8-17)16(19-20)22-10-12-4-6-13(21-3)7-5-12/h4-7,11H,9-10,18H2,1-3H3. The number of ether oxygens (including phenoxy) is 2. The summed E-state index contributed by atoms with van der Waals surface area (Å²) in [5, 5.41) is 13.5. The molecule has 0 saturated heterocycles. The van der Waals surface area contributed by atoms with Crippen LogP contribution in [0.4, 0.5) is 5.82 Å². The number of methoxy groups -OCH3 is 1. The van der Waals surface area contributed by atoms with Crippen LogP contribution in [0.15, 0.2) is 24.3 Å². The molecule has 6 heteroatoms. The lowest BCUT2D eigenvalue weighted by atomic mass is 10.2.